The number of ether oxygens (including phenoxy) is 2. The van der Waals surface area contributed by atoms with Crippen LogP contribution in [0.2, 0.25) is 0 Å². The van der Waals surface area contributed by atoms with Crippen LogP contribution in [0.3, 0.4) is 0 Å². The van der Waals surface area contributed by atoms with Gasteiger partial charge in [-0.3, -0.25) is 14.4 Å². The largest absolute Gasteiger partial charge is 0.492 e. The number of fused-ring (bicyclic) bond motifs is 1. The second-order valence-electron chi connectivity index (χ2n) is 7.45. The van der Waals surface area contributed by atoms with Gasteiger partial charge in [-0.1, -0.05) is 18.2 Å². The van der Waals surface area contributed by atoms with E-state index in [0.29, 0.717) is 38.6 Å². The van der Waals surface area contributed by atoms with Gasteiger partial charge in [0.25, 0.3) is 5.91 Å². The highest BCUT2D eigenvalue weighted by atomic mass is 16.5. The van der Waals surface area contributed by atoms with E-state index < -0.39 is 0 Å². The molecule has 1 atom stereocenters. The predicted octanol–water partition coefficient (Wildman–Crippen LogP) is 2.03. The summed E-state index contributed by atoms with van der Waals surface area (Å²) in [5, 5.41) is 4.60. The van der Waals surface area contributed by atoms with E-state index in [4.69, 9.17) is 9.47 Å². The van der Waals surface area contributed by atoms with Crippen molar-refractivity contribution in [3.05, 3.63) is 47.8 Å². The molecule has 4 rings (SSSR count). The molecule has 0 bridgehead atoms. The fourth-order valence-electron chi connectivity index (χ4n) is 3.74. The zero-order valence-electron chi connectivity index (χ0n) is 16.4. The summed E-state index contributed by atoms with van der Waals surface area (Å²) in [5.41, 5.74) is 1.65. The van der Waals surface area contributed by atoms with Gasteiger partial charge in [-0.05, 0) is 31.5 Å². The molecule has 0 saturated carbocycles. The summed E-state index contributed by atoms with van der Waals surface area (Å²) in [6, 6.07) is 12.2. The van der Waals surface area contributed by atoms with Gasteiger partial charge in [0.15, 0.2) is 5.69 Å². The number of morpholine rings is 1. The van der Waals surface area contributed by atoms with Gasteiger partial charge in [-0.2, -0.15) is 5.10 Å². The average molecular weight is 384 g/mol. The molecule has 0 radical (unpaired) electrons. The van der Waals surface area contributed by atoms with Crippen LogP contribution in [-0.4, -0.2) is 71.0 Å². The summed E-state index contributed by atoms with van der Waals surface area (Å²) >= 11 is 0. The van der Waals surface area contributed by atoms with Crippen LogP contribution in [0.15, 0.2) is 36.4 Å². The van der Waals surface area contributed by atoms with E-state index in [1.807, 2.05) is 46.0 Å². The summed E-state index contributed by atoms with van der Waals surface area (Å²) in [6.07, 6.45) is 1.01. The van der Waals surface area contributed by atoms with Gasteiger partial charge in [0, 0.05) is 38.8 Å². The molecule has 0 aliphatic carbocycles. The summed E-state index contributed by atoms with van der Waals surface area (Å²) in [7, 11) is 0. The molecule has 0 spiro atoms. The Morgan fingerprint density at radius 3 is 2.75 bits per heavy atom. The van der Waals surface area contributed by atoms with Crippen molar-refractivity contribution in [1.29, 1.82) is 0 Å². The third kappa shape index (κ3) is 4.36. The second kappa shape index (κ2) is 8.75. The number of aromatic nitrogens is 2. The van der Waals surface area contributed by atoms with Crippen molar-refractivity contribution >= 4 is 5.91 Å². The molecule has 28 heavy (non-hydrogen) atoms. The van der Waals surface area contributed by atoms with E-state index in [2.05, 4.69) is 16.9 Å². The minimum Gasteiger partial charge on any atom is -0.492 e. The van der Waals surface area contributed by atoms with E-state index in [1.165, 1.54) is 0 Å². The molecule has 7 nitrogen and oxygen atoms in total. The number of amides is 1. The first kappa shape index (κ1) is 19.0. The molecule has 1 aromatic heterocycles. The van der Waals surface area contributed by atoms with Gasteiger partial charge in [0.05, 0.1) is 18.9 Å². The number of para-hydroxylation sites is 1. The van der Waals surface area contributed by atoms with Gasteiger partial charge in [0.2, 0.25) is 0 Å². The van der Waals surface area contributed by atoms with Crippen molar-refractivity contribution in [2.24, 2.45) is 0 Å². The maximum Gasteiger partial charge on any atom is 0.274 e. The quantitative estimate of drug-likeness (QED) is 0.789. The normalized spacial score (nSPS) is 19.0. The highest BCUT2D eigenvalue weighted by molar-refractivity contribution is 5.92. The molecule has 2 aliphatic rings. The lowest BCUT2D eigenvalue weighted by Crippen LogP contribution is -2.40. The van der Waals surface area contributed by atoms with Crippen molar-refractivity contribution in [3.8, 4) is 5.75 Å². The Labute approximate surface area is 165 Å². The summed E-state index contributed by atoms with van der Waals surface area (Å²) in [4.78, 5) is 17.0. The number of benzene rings is 1. The van der Waals surface area contributed by atoms with Crippen molar-refractivity contribution in [2.75, 3.05) is 39.5 Å². The Morgan fingerprint density at radius 2 is 1.96 bits per heavy atom. The maximum atomic E-state index is 12.7. The Hall–Kier alpha value is -2.38. The molecule has 0 unspecified atom stereocenters. The fourth-order valence-corrected chi connectivity index (χ4v) is 3.74. The molecule has 150 valence electrons. The highest BCUT2D eigenvalue weighted by Crippen LogP contribution is 2.18. The van der Waals surface area contributed by atoms with Gasteiger partial charge in [0.1, 0.15) is 12.4 Å². The van der Waals surface area contributed by atoms with Crippen LogP contribution in [0.4, 0.5) is 0 Å². The van der Waals surface area contributed by atoms with Crippen LogP contribution in [0.1, 0.15) is 29.5 Å². The molecule has 1 fully saturated rings. The number of rotatable bonds is 5. The number of nitrogens with zero attached hydrogens (tertiary/aromatic N) is 4. The summed E-state index contributed by atoms with van der Waals surface area (Å²) in [5.74, 6) is 0.906. The van der Waals surface area contributed by atoms with Crippen molar-refractivity contribution in [2.45, 2.75) is 32.5 Å². The average Bonchev–Trinajstić information content (AvgIpc) is 3.04. The third-order valence-corrected chi connectivity index (χ3v) is 5.42. The first-order valence-corrected chi connectivity index (χ1v) is 10.1. The molecule has 2 aliphatic heterocycles. The minimum absolute atomic E-state index is 0.0101. The lowest BCUT2D eigenvalue weighted by Gasteiger charge is -2.27. The lowest BCUT2D eigenvalue weighted by atomic mass is 10.2. The first-order valence-electron chi connectivity index (χ1n) is 10.1. The maximum absolute atomic E-state index is 12.7. The number of hydrogen-bond donors (Lipinski definition) is 0. The van der Waals surface area contributed by atoms with Gasteiger partial charge >= 0.3 is 0 Å². The molecule has 1 saturated heterocycles. The lowest BCUT2D eigenvalue weighted by molar-refractivity contribution is 0.0298. The molecular weight excluding hydrogens is 356 g/mol. The molecule has 1 aromatic carbocycles. The zero-order chi connectivity index (χ0) is 19.3. The predicted molar refractivity (Wildman–Crippen MR) is 105 cm³/mol. The smallest absolute Gasteiger partial charge is 0.274 e. The van der Waals surface area contributed by atoms with E-state index in [0.717, 1.165) is 37.5 Å². The van der Waals surface area contributed by atoms with Crippen LogP contribution >= 0.6 is 0 Å². The highest BCUT2D eigenvalue weighted by Gasteiger charge is 2.25. The summed E-state index contributed by atoms with van der Waals surface area (Å²) < 4.78 is 13.3. The van der Waals surface area contributed by atoms with Crippen LogP contribution < -0.4 is 4.74 Å². The van der Waals surface area contributed by atoms with Gasteiger partial charge < -0.3 is 14.4 Å². The number of hydrogen-bond acceptors (Lipinski definition) is 5. The van der Waals surface area contributed by atoms with Crippen molar-refractivity contribution < 1.29 is 14.3 Å². The Morgan fingerprint density at radius 1 is 1.18 bits per heavy atom. The summed E-state index contributed by atoms with van der Waals surface area (Å²) in [6.45, 7) is 7.93. The zero-order valence-corrected chi connectivity index (χ0v) is 16.4. The molecule has 3 heterocycles. The first-order chi connectivity index (χ1) is 13.7. The van der Waals surface area contributed by atoms with Gasteiger partial charge in [-0.15, -0.1) is 0 Å². The van der Waals surface area contributed by atoms with Crippen molar-refractivity contribution in [3.63, 3.8) is 0 Å². The molecule has 0 N–H and O–H groups in total. The Balaban J connectivity index is 1.40. The van der Waals surface area contributed by atoms with Crippen LogP contribution in [-0.2, 0) is 17.8 Å². The Bertz CT molecular complexity index is 786. The van der Waals surface area contributed by atoms with Crippen LogP contribution in [0.5, 0.6) is 5.75 Å². The Kier molecular flexibility index (Phi) is 5.92. The van der Waals surface area contributed by atoms with E-state index >= 15 is 0 Å². The van der Waals surface area contributed by atoms with Gasteiger partial charge in [-0.25, -0.2) is 0 Å². The van der Waals surface area contributed by atoms with Crippen LogP contribution in [0, 0.1) is 0 Å². The molecule has 7 heteroatoms. The van der Waals surface area contributed by atoms with E-state index in [-0.39, 0.29) is 11.9 Å². The molecule has 2 aromatic rings. The monoisotopic (exact) mass is 384 g/mol. The number of carbonyl (C=O) groups excluding carboxylic acids is 1. The minimum atomic E-state index is 0.0101. The fraction of sp³-hybridized carbons (Fsp3) is 0.524. The second-order valence-corrected chi connectivity index (χ2v) is 7.45. The SMILES string of the molecule is C[C@@H](COc1ccccc1)N1CCCn2nc(C(=O)N3CCOCC3)cc2C1. The number of carbonyl (C=O) groups is 1. The topological polar surface area (TPSA) is 59.8 Å². The standard InChI is InChI=1S/C21H28N4O3/c1-17(16-28-19-6-3-2-4-7-19)24-8-5-9-25-18(15-24)14-20(22-25)21(26)23-10-12-27-13-11-23/h2-4,6-7,14,17H,5,8-13,15-16H2,1H3/t17-/m0/s1. The number of aryl methyl sites for hydroxylation is 1. The molecular formula is C21H28N4O3. The third-order valence-electron chi connectivity index (χ3n) is 5.42. The van der Waals surface area contributed by atoms with E-state index in [9.17, 15) is 4.79 Å². The van der Waals surface area contributed by atoms with Crippen molar-refractivity contribution in [1.82, 2.24) is 19.6 Å². The molecule has 1 amide bonds. The van der Waals surface area contributed by atoms with Crippen LogP contribution in [0.25, 0.3) is 0 Å². The van der Waals surface area contributed by atoms with E-state index in [1.54, 1.807) is 0 Å².